The van der Waals surface area contributed by atoms with Gasteiger partial charge in [0.15, 0.2) is 0 Å². The quantitative estimate of drug-likeness (QED) is 0.409. The first-order valence-corrected chi connectivity index (χ1v) is 12.9. The summed E-state index contributed by atoms with van der Waals surface area (Å²) >= 11 is 0. The Labute approximate surface area is 227 Å². The van der Waals surface area contributed by atoms with Gasteiger partial charge in [0.2, 0.25) is 5.96 Å². The molecular weight excluding hydrogens is 528 g/mol. The van der Waals surface area contributed by atoms with Crippen molar-refractivity contribution in [1.29, 1.82) is 0 Å². The molecule has 1 saturated heterocycles. The predicted octanol–water partition coefficient (Wildman–Crippen LogP) is 5.63. The molecule has 0 aromatic heterocycles. The van der Waals surface area contributed by atoms with Gasteiger partial charge in [0.25, 0.3) is 0 Å². The number of carbonyl (C=O) groups is 1. The van der Waals surface area contributed by atoms with Crippen molar-refractivity contribution >= 4 is 29.0 Å². The van der Waals surface area contributed by atoms with Crippen molar-refractivity contribution in [3.63, 3.8) is 0 Å². The third-order valence-electron chi connectivity index (χ3n) is 7.95. The second kappa shape index (κ2) is 9.42. The zero-order valence-electron chi connectivity index (χ0n) is 21.5. The highest BCUT2D eigenvalue weighted by molar-refractivity contribution is 6.02. The van der Waals surface area contributed by atoms with Crippen LogP contribution in [-0.4, -0.2) is 52.7 Å². The predicted molar refractivity (Wildman–Crippen MR) is 142 cm³/mol. The second-order valence-corrected chi connectivity index (χ2v) is 10.3. The fraction of sp³-hybridized carbons (Fsp3) is 0.310. The number of para-hydroxylation sites is 1. The van der Waals surface area contributed by atoms with Gasteiger partial charge in [0.05, 0.1) is 29.8 Å². The van der Waals surface area contributed by atoms with Crippen LogP contribution in [0.2, 0.25) is 0 Å². The molecular formula is C29H26F4N4O3. The highest BCUT2D eigenvalue weighted by atomic mass is 19.4. The molecule has 0 saturated carbocycles. The normalized spacial score (nSPS) is 20.1. The minimum absolute atomic E-state index is 0.0319. The molecule has 2 N–H and O–H groups in total. The van der Waals surface area contributed by atoms with Crippen LogP contribution in [0.3, 0.4) is 0 Å². The van der Waals surface area contributed by atoms with E-state index >= 15 is 4.39 Å². The Morgan fingerprint density at radius 3 is 2.60 bits per heavy atom. The second-order valence-electron chi connectivity index (χ2n) is 10.3. The molecule has 208 valence electrons. The van der Waals surface area contributed by atoms with E-state index in [0.29, 0.717) is 19.6 Å². The molecule has 2 unspecified atom stereocenters. The number of nitrogens with zero attached hydrogens (tertiary/aromatic N) is 4. The largest absolute Gasteiger partial charge is 0.506 e. The number of anilines is 2. The minimum atomic E-state index is -4.71. The first-order valence-electron chi connectivity index (χ1n) is 12.9. The van der Waals surface area contributed by atoms with Gasteiger partial charge in [-0.25, -0.2) is 9.38 Å². The van der Waals surface area contributed by atoms with E-state index in [1.165, 1.54) is 34.2 Å². The Balaban J connectivity index is 1.48. The number of carboxylic acids is 1. The highest BCUT2D eigenvalue weighted by Crippen LogP contribution is 2.46. The fourth-order valence-corrected chi connectivity index (χ4v) is 6.10. The molecule has 0 amide bonds. The van der Waals surface area contributed by atoms with Gasteiger partial charge in [-0.3, -0.25) is 4.79 Å². The van der Waals surface area contributed by atoms with Crippen LogP contribution in [0.15, 0.2) is 59.6 Å². The first-order chi connectivity index (χ1) is 19.0. The number of phenolic OH excluding ortho intramolecular Hbond substituents is 1. The van der Waals surface area contributed by atoms with Gasteiger partial charge in [0.1, 0.15) is 17.3 Å². The van der Waals surface area contributed by atoms with Crippen LogP contribution < -0.4 is 9.80 Å². The Kier molecular flexibility index (Phi) is 6.12. The van der Waals surface area contributed by atoms with Gasteiger partial charge < -0.3 is 24.9 Å². The molecule has 1 fully saturated rings. The van der Waals surface area contributed by atoms with Gasteiger partial charge in [-0.05, 0) is 54.8 Å². The molecule has 2 atom stereocenters. The number of halogens is 4. The maximum atomic E-state index is 15.1. The molecule has 3 aliphatic heterocycles. The number of alkyl halides is 3. The smallest absolute Gasteiger partial charge is 0.416 e. The van der Waals surface area contributed by atoms with Crippen molar-refractivity contribution in [2.24, 2.45) is 4.99 Å². The van der Waals surface area contributed by atoms with Crippen molar-refractivity contribution < 1.29 is 32.6 Å². The Bertz CT molecular complexity index is 1540. The summed E-state index contributed by atoms with van der Waals surface area (Å²) in [6, 6.07) is 11.6. The van der Waals surface area contributed by atoms with E-state index in [1.54, 1.807) is 0 Å². The average molecular weight is 555 g/mol. The minimum Gasteiger partial charge on any atom is -0.506 e. The van der Waals surface area contributed by atoms with E-state index in [-0.39, 0.29) is 28.9 Å². The number of fused-ring (bicyclic) bond motifs is 4. The molecule has 40 heavy (non-hydrogen) atoms. The van der Waals surface area contributed by atoms with Gasteiger partial charge in [0, 0.05) is 30.9 Å². The van der Waals surface area contributed by atoms with E-state index in [1.807, 2.05) is 11.0 Å². The van der Waals surface area contributed by atoms with Crippen LogP contribution >= 0.6 is 0 Å². The lowest BCUT2D eigenvalue weighted by molar-refractivity contribution is -0.138. The average Bonchev–Trinajstić information content (AvgIpc) is 3.28. The van der Waals surface area contributed by atoms with Crippen LogP contribution in [0.4, 0.5) is 34.6 Å². The summed E-state index contributed by atoms with van der Waals surface area (Å²) in [7, 11) is 0. The topological polar surface area (TPSA) is 79.6 Å². The molecule has 7 nitrogen and oxygen atoms in total. The Morgan fingerprint density at radius 1 is 1.07 bits per heavy atom. The van der Waals surface area contributed by atoms with Crippen LogP contribution in [0.5, 0.6) is 5.75 Å². The number of benzene rings is 3. The first kappa shape index (κ1) is 26.0. The van der Waals surface area contributed by atoms with E-state index in [2.05, 4.69) is 28.9 Å². The molecule has 3 aromatic rings. The molecule has 11 heteroatoms. The van der Waals surface area contributed by atoms with Crippen molar-refractivity contribution in [3.8, 4) is 5.75 Å². The summed E-state index contributed by atoms with van der Waals surface area (Å²) in [6.45, 7) is 3.46. The number of aryl methyl sites for hydroxylation is 1. The number of piperazine rings is 1. The molecule has 0 aliphatic carbocycles. The van der Waals surface area contributed by atoms with Crippen molar-refractivity contribution in [1.82, 2.24) is 4.90 Å². The number of rotatable bonds is 3. The number of carboxylic acid groups (broad SMARTS) is 1. The zero-order chi connectivity index (χ0) is 28.3. The number of phenols is 1. The van der Waals surface area contributed by atoms with Gasteiger partial charge in [-0.15, -0.1) is 0 Å². The molecule has 0 spiro atoms. The summed E-state index contributed by atoms with van der Waals surface area (Å²) < 4.78 is 56.3. The Hall–Kier alpha value is -4.28. The van der Waals surface area contributed by atoms with Crippen LogP contribution in [0.1, 0.15) is 34.7 Å². The monoisotopic (exact) mass is 554 g/mol. The summed E-state index contributed by atoms with van der Waals surface area (Å²) in [5, 5.41) is 20.6. The van der Waals surface area contributed by atoms with Crippen LogP contribution in [0.25, 0.3) is 0 Å². The summed E-state index contributed by atoms with van der Waals surface area (Å²) in [6.07, 6.45) is -4.51. The molecule has 0 bridgehead atoms. The van der Waals surface area contributed by atoms with Crippen molar-refractivity contribution in [2.75, 3.05) is 29.4 Å². The van der Waals surface area contributed by atoms with Crippen molar-refractivity contribution in [2.45, 2.75) is 38.0 Å². The maximum absolute atomic E-state index is 15.1. The molecule has 0 radical (unpaired) electrons. The summed E-state index contributed by atoms with van der Waals surface area (Å²) in [5.74, 6) is -2.27. The van der Waals surface area contributed by atoms with E-state index in [0.717, 1.165) is 30.3 Å². The lowest BCUT2D eigenvalue weighted by Crippen LogP contribution is -2.58. The van der Waals surface area contributed by atoms with E-state index in [4.69, 9.17) is 0 Å². The number of guanidine groups is 1. The van der Waals surface area contributed by atoms with E-state index < -0.39 is 41.7 Å². The number of aromatic hydroxyl groups is 1. The zero-order valence-corrected chi connectivity index (χ0v) is 21.5. The number of hydrogen-bond donors (Lipinski definition) is 2. The summed E-state index contributed by atoms with van der Waals surface area (Å²) in [5.41, 5.74) is 2.44. The number of hydrogen-bond acceptors (Lipinski definition) is 6. The molecule has 3 aliphatic rings. The van der Waals surface area contributed by atoms with Gasteiger partial charge >= 0.3 is 12.1 Å². The molecule has 3 aromatic carbocycles. The molecule has 3 heterocycles. The highest BCUT2D eigenvalue weighted by Gasteiger charge is 2.42. The fourth-order valence-electron chi connectivity index (χ4n) is 6.10. The van der Waals surface area contributed by atoms with Crippen LogP contribution in [-0.2, 0) is 17.4 Å². The van der Waals surface area contributed by atoms with E-state index in [9.17, 15) is 28.2 Å². The maximum Gasteiger partial charge on any atom is 0.416 e. The number of aliphatic carboxylic acids is 1. The summed E-state index contributed by atoms with van der Waals surface area (Å²) in [4.78, 5) is 22.1. The lowest BCUT2D eigenvalue weighted by Gasteiger charge is -2.46. The number of aliphatic imine (C=N–C) groups is 1. The molecule has 6 rings (SSSR count). The van der Waals surface area contributed by atoms with Gasteiger partial charge in [-0.2, -0.15) is 13.2 Å². The van der Waals surface area contributed by atoms with Crippen molar-refractivity contribution in [3.05, 3.63) is 82.7 Å². The lowest BCUT2D eigenvalue weighted by atomic mass is 9.96. The Morgan fingerprint density at radius 2 is 1.85 bits per heavy atom. The third kappa shape index (κ3) is 4.29. The van der Waals surface area contributed by atoms with Crippen LogP contribution in [0, 0.1) is 12.7 Å². The third-order valence-corrected chi connectivity index (χ3v) is 7.95. The standard InChI is InChI=1S/C29H26F4N4O3/c1-16-4-2-7-22-20(16)13-18-15-35(10-11-36(18)22)28-34-27-19(5-3-6-21(27)30)23(14-26(39)40)37(28)24-12-17(29(31,32)33)8-9-25(24)38/h2-9,12,18,23,38H,10-11,13-15H2,1H3,(H,39,40). The SMILES string of the molecule is Cc1cccc2c1CC1CN(C3=Nc4c(F)cccc4C(CC(=O)O)N3c3cc(C(F)(F)F)ccc3O)CCN21. The van der Waals surface area contributed by atoms with Gasteiger partial charge in [-0.1, -0.05) is 24.3 Å².